The molecule has 0 spiro atoms. The Morgan fingerprint density at radius 2 is 1.61 bits per heavy atom. The van der Waals surface area contributed by atoms with Crippen LogP contribution in [0.2, 0.25) is 0 Å². The van der Waals surface area contributed by atoms with Crippen LogP contribution in [0.3, 0.4) is 0 Å². The van der Waals surface area contributed by atoms with Crippen molar-refractivity contribution in [3.63, 3.8) is 0 Å². The zero-order valence-corrected chi connectivity index (χ0v) is 19.7. The molecule has 33 heavy (non-hydrogen) atoms. The largest absolute Gasteiger partial charge is 0.302 e. The van der Waals surface area contributed by atoms with Crippen LogP contribution in [0.15, 0.2) is 30.3 Å². The van der Waals surface area contributed by atoms with Crippen molar-refractivity contribution in [2.45, 2.75) is 27.7 Å². The summed E-state index contributed by atoms with van der Waals surface area (Å²) in [6.45, 7) is 10.4. The highest BCUT2D eigenvalue weighted by Gasteiger charge is 2.26. The molecule has 2 aromatic carbocycles. The molecule has 1 heterocycles. The van der Waals surface area contributed by atoms with E-state index in [0.29, 0.717) is 11.7 Å². The minimum absolute atomic E-state index is 0.123. The van der Waals surface area contributed by atoms with Gasteiger partial charge in [0.15, 0.2) is 5.13 Å². The van der Waals surface area contributed by atoms with Gasteiger partial charge in [-0.3, -0.25) is 29.9 Å². The molecule has 0 aliphatic heterocycles. The van der Waals surface area contributed by atoms with Crippen LogP contribution in [-0.4, -0.2) is 51.8 Å². The minimum Gasteiger partial charge on any atom is -0.302 e. The van der Waals surface area contributed by atoms with Gasteiger partial charge >= 0.3 is 0 Å². The predicted molar refractivity (Wildman–Crippen MR) is 128 cm³/mol. The Bertz CT molecular complexity index is 1190. The van der Waals surface area contributed by atoms with Crippen molar-refractivity contribution in [2.24, 2.45) is 0 Å². The summed E-state index contributed by atoms with van der Waals surface area (Å²) in [7, 11) is 0. The van der Waals surface area contributed by atoms with E-state index in [-0.39, 0.29) is 12.1 Å². The van der Waals surface area contributed by atoms with Crippen molar-refractivity contribution in [3.8, 4) is 0 Å². The molecular weight excluding hydrogens is 446 g/mol. The van der Waals surface area contributed by atoms with Gasteiger partial charge in [0.1, 0.15) is 0 Å². The maximum absolute atomic E-state index is 13.5. The number of nitro benzene ring substituents is 2. The van der Waals surface area contributed by atoms with Crippen LogP contribution < -0.4 is 4.90 Å². The molecule has 0 bridgehead atoms. The van der Waals surface area contributed by atoms with E-state index in [1.165, 1.54) is 16.2 Å². The number of carbonyl (C=O) groups is 1. The lowest BCUT2D eigenvalue weighted by Crippen LogP contribution is -2.39. The van der Waals surface area contributed by atoms with Crippen LogP contribution in [0.5, 0.6) is 0 Å². The van der Waals surface area contributed by atoms with Crippen LogP contribution in [0.25, 0.3) is 10.2 Å². The number of benzene rings is 2. The van der Waals surface area contributed by atoms with Crippen molar-refractivity contribution < 1.29 is 14.6 Å². The Morgan fingerprint density at radius 3 is 2.15 bits per heavy atom. The number of likely N-dealkylation sites (N-methyl/N-ethyl adjacent to an activating group) is 1. The molecule has 0 saturated carbocycles. The maximum Gasteiger partial charge on any atom is 0.277 e. The molecular formula is C22H25N5O5S. The summed E-state index contributed by atoms with van der Waals surface area (Å²) in [6, 6.07) is 6.93. The van der Waals surface area contributed by atoms with Gasteiger partial charge in [-0.15, -0.1) is 0 Å². The Balaban J connectivity index is 2.10. The van der Waals surface area contributed by atoms with Crippen LogP contribution in [0, 0.1) is 34.1 Å². The lowest BCUT2D eigenvalue weighted by atomic mass is 10.1. The van der Waals surface area contributed by atoms with Gasteiger partial charge in [-0.25, -0.2) is 4.98 Å². The topological polar surface area (TPSA) is 123 Å². The van der Waals surface area contributed by atoms with E-state index in [9.17, 15) is 25.0 Å². The van der Waals surface area contributed by atoms with Crippen LogP contribution in [0.1, 0.15) is 35.3 Å². The highest BCUT2D eigenvalue weighted by molar-refractivity contribution is 7.22. The van der Waals surface area contributed by atoms with Crippen LogP contribution in [0.4, 0.5) is 16.5 Å². The average Bonchev–Trinajstić information content (AvgIpc) is 3.23. The van der Waals surface area contributed by atoms with Crippen LogP contribution in [-0.2, 0) is 0 Å². The number of non-ortho nitro benzene ring substituents is 2. The van der Waals surface area contributed by atoms with Gasteiger partial charge in [0.25, 0.3) is 17.3 Å². The number of hydrogen-bond acceptors (Lipinski definition) is 8. The fraction of sp³-hybridized carbons (Fsp3) is 0.364. The predicted octanol–water partition coefficient (Wildman–Crippen LogP) is 4.72. The number of hydrogen-bond donors (Lipinski definition) is 0. The number of aryl methyl sites for hydroxylation is 2. The molecule has 0 aliphatic carbocycles. The van der Waals surface area contributed by atoms with E-state index in [1.54, 1.807) is 0 Å². The highest BCUT2D eigenvalue weighted by Crippen LogP contribution is 2.33. The molecule has 0 unspecified atom stereocenters. The summed E-state index contributed by atoms with van der Waals surface area (Å²) in [5.41, 5.74) is 1.74. The number of nitrogens with zero attached hydrogens (tertiary/aromatic N) is 5. The number of aromatic nitrogens is 1. The fourth-order valence-corrected chi connectivity index (χ4v) is 4.53. The first-order valence-corrected chi connectivity index (χ1v) is 11.3. The molecule has 0 N–H and O–H groups in total. The van der Waals surface area contributed by atoms with E-state index in [2.05, 4.69) is 4.90 Å². The van der Waals surface area contributed by atoms with E-state index < -0.39 is 27.1 Å². The second kappa shape index (κ2) is 10.0. The quantitative estimate of drug-likeness (QED) is 0.327. The van der Waals surface area contributed by atoms with Crippen molar-refractivity contribution >= 4 is 44.0 Å². The Morgan fingerprint density at radius 1 is 1.00 bits per heavy atom. The SMILES string of the molecule is CCN(CC)CCN(C(=O)c1cc([N+](=O)[O-])cc([N+](=O)[O-])c1)c1nc2c(C)c(C)ccc2s1. The van der Waals surface area contributed by atoms with Gasteiger partial charge in [-0.1, -0.05) is 31.3 Å². The summed E-state index contributed by atoms with van der Waals surface area (Å²) < 4.78 is 0.916. The van der Waals surface area contributed by atoms with Crippen molar-refractivity contribution in [1.82, 2.24) is 9.88 Å². The molecule has 1 amide bonds. The Kier molecular flexibility index (Phi) is 7.34. The zero-order chi connectivity index (χ0) is 24.3. The van der Waals surface area contributed by atoms with Gasteiger partial charge in [0.05, 0.1) is 31.7 Å². The lowest BCUT2D eigenvalue weighted by Gasteiger charge is -2.24. The van der Waals surface area contributed by atoms with E-state index >= 15 is 0 Å². The normalized spacial score (nSPS) is 11.2. The number of thiazole rings is 1. The van der Waals surface area contributed by atoms with Gasteiger partial charge < -0.3 is 4.90 Å². The fourth-order valence-electron chi connectivity index (χ4n) is 3.48. The molecule has 0 fully saturated rings. The van der Waals surface area contributed by atoms with Crippen molar-refractivity contribution in [3.05, 3.63) is 67.3 Å². The third kappa shape index (κ3) is 5.15. The van der Waals surface area contributed by atoms with E-state index in [1.807, 2.05) is 39.8 Å². The first-order valence-electron chi connectivity index (χ1n) is 10.5. The smallest absolute Gasteiger partial charge is 0.277 e. The molecule has 0 atom stereocenters. The molecule has 174 valence electrons. The van der Waals surface area contributed by atoms with Crippen molar-refractivity contribution in [1.29, 1.82) is 0 Å². The molecule has 1 aromatic heterocycles. The summed E-state index contributed by atoms with van der Waals surface area (Å²) in [5.74, 6) is -0.567. The summed E-state index contributed by atoms with van der Waals surface area (Å²) in [5, 5.41) is 23.1. The summed E-state index contributed by atoms with van der Waals surface area (Å²) >= 11 is 1.35. The Hall–Kier alpha value is -3.44. The monoisotopic (exact) mass is 471 g/mol. The number of nitro groups is 2. The molecule has 3 aromatic rings. The number of fused-ring (bicyclic) bond motifs is 1. The Labute approximate surface area is 194 Å². The third-order valence-corrected chi connectivity index (χ3v) is 6.70. The van der Waals surface area contributed by atoms with Gasteiger partial charge in [0.2, 0.25) is 0 Å². The number of anilines is 1. The third-order valence-electron chi connectivity index (χ3n) is 5.65. The second-order valence-electron chi connectivity index (χ2n) is 7.59. The van der Waals surface area contributed by atoms with Gasteiger partial charge in [-0.2, -0.15) is 0 Å². The molecule has 0 saturated heterocycles. The highest BCUT2D eigenvalue weighted by atomic mass is 32.1. The first-order chi connectivity index (χ1) is 15.7. The first kappa shape index (κ1) is 24.2. The summed E-state index contributed by atoms with van der Waals surface area (Å²) in [4.78, 5) is 43.0. The van der Waals surface area contributed by atoms with Crippen LogP contribution >= 0.6 is 11.3 Å². The van der Waals surface area contributed by atoms with E-state index in [4.69, 9.17) is 4.98 Å². The molecule has 10 nitrogen and oxygen atoms in total. The number of amides is 1. The molecule has 0 radical (unpaired) electrons. The molecule has 3 rings (SSSR count). The number of carbonyl (C=O) groups excluding carboxylic acids is 1. The molecule has 0 aliphatic rings. The second-order valence-corrected chi connectivity index (χ2v) is 8.60. The van der Waals surface area contributed by atoms with Gasteiger partial charge in [-0.05, 0) is 44.1 Å². The minimum atomic E-state index is -0.742. The van der Waals surface area contributed by atoms with Gasteiger partial charge in [0, 0.05) is 25.2 Å². The lowest BCUT2D eigenvalue weighted by molar-refractivity contribution is -0.394. The standard InChI is InChI=1S/C22H25N5O5S/c1-5-24(6-2)9-10-25(22-23-20-15(4)14(3)7-8-19(20)33-22)21(28)16-11-17(26(29)30)13-18(12-16)27(31)32/h7-8,11-13H,5-6,9-10H2,1-4H3. The number of rotatable bonds is 9. The zero-order valence-electron chi connectivity index (χ0n) is 18.9. The maximum atomic E-state index is 13.5. The van der Waals surface area contributed by atoms with Crippen molar-refractivity contribution in [2.75, 3.05) is 31.1 Å². The van der Waals surface area contributed by atoms with E-state index in [0.717, 1.165) is 52.6 Å². The summed E-state index contributed by atoms with van der Waals surface area (Å²) in [6.07, 6.45) is 0. The average molecular weight is 472 g/mol. The molecule has 11 heteroatoms.